The fourth-order valence-corrected chi connectivity index (χ4v) is 2.19. The van der Waals surface area contributed by atoms with Gasteiger partial charge in [-0.25, -0.2) is 0 Å². The summed E-state index contributed by atoms with van der Waals surface area (Å²) in [6.45, 7) is 3.05. The molecular formula is C15H34N2O2. The lowest BCUT2D eigenvalue weighted by Gasteiger charge is -2.13. The zero-order chi connectivity index (χ0) is 14.3. The minimum atomic E-state index is -0.935. The summed E-state index contributed by atoms with van der Waals surface area (Å²) in [4.78, 5) is 0. The molecule has 2 unspecified atom stereocenters. The lowest BCUT2D eigenvalue weighted by atomic mass is 10.1. The first-order valence-electron chi connectivity index (χ1n) is 8.02. The minimum Gasteiger partial charge on any atom is -0.379 e. The van der Waals surface area contributed by atoms with Crippen molar-refractivity contribution in [2.24, 2.45) is 5.73 Å². The second-order valence-corrected chi connectivity index (χ2v) is 5.45. The van der Waals surface area contributed by atoms with E-state index < -0.39 is 12.5 Å². The summed E-state index contributed by atoms with van der Waals surface area (Å²) in [7, 11) is 0. The van der Waals surface area contributed by atoms with Gasteiger partial charge in [0.15, 0.2) is 0 Å². The summed E-state index contributed by atoms with van der Waals surface area (Å²) in [6, 6.07) is 0. The number of nitrogens with two attached hydrogens (primary N) is 1. The molecule has 0 aromatic heterocycles. The van der Waals surface area contributed by atoms with Crippen LogP contribution in [-0.2, 0) is 0 Å². The number of hydrogen-bond acceptors (Lipinski definition) is 4. The predicted octanol–water partition coefficient (Wildman–Crippen LogP) is 2.48. The van der Waals surface area contributed by atoms with Crippen LogP contribution in [0.3, 0.4) is 0 Å². The second-order valence-electron chi connectivity index (χ2n) is 5.45. The van der Waals surface area contributed by atoms with Gasteiger partial charge in [0.25, 0.3) is 0 Å². The molecular weight excluding hydrogens is 240 g/mol. The molecule has 19 heavy (non-hydrogen) atoms. The first-order valence-corrected chi connectivity index (χ1v) is 8.02. The van der Waals surface area contributed by atoms with Gasteiger partial charge < -0.3 is 15.9 Å². The molecule has 116 valence electrons. The SMILES string of the molecule is CCCCCCCCCCCCNC(O)CC(N)O. The Bertz CT molecular complexity index is 178. The maximum Gasteiger partial charge on any atom is 0.108 e. The van der Waals surface area contributed by atoms with Gasteiger partial charge >= 0.3 is 0 Å². The standard InChI is InChI=1S/C15H34N2O2/c1-2-3-4-5-6-7-8-9-10-11-12-17-15(19)13-14(16)18/h14-15,17-19H,2-13,16H2,1H3. The molecule has 4 heteroatoms. The smallest absolute Gasteiger partial charge is 0.108 e. The number of aliphatic hydroxyl groups excluding tert-OH is 2. The van der Waals surface area contributed by atoms with Crippen molar-refractivity contribution in [2.45, 2.75) is 90.0 Å². The molecule has 0 heterocycles. The Hall–Kier alpha value is -0.160. The average Bonchev–Trinajstić information content (AvgIpc) is 2.35. The fraction of sp³-hybridized carbons (Fsp3) is 1.00. The summed E-state index contributed by atoms with van der Waals surface area (Å²) in [5.74, 6) is 0. The molecule has 0 fully saturated rings. The van der Waals surface area contributed by atoms with Gasteiger partial charge in [-0.2, -0.15) is 0 Å². The van der Waals surface area contributed by atoms with Crippen LogP contribution in [0.2, 0.25) is 0 Å². The molecule has 4 nitrogen and oxygen atoms in total. The van der Waals surface area contributed by atoms with Crippen LogP contribution >= 0.6 is 0 Å². The molecule has 0 aliphatic carbocycles. The first-order chi connectivity index (χ1) is 9.16. The van der Waals surface area contributed by atoms with Crippen LogP contribution in [0.1, 0.15) is 77.6 Å². The molecule has 0 bridgehead atoms. The highest BCUT2D eigenvalue weighted by Gasteiger charge is 2.06. The topological polar surface area (TPSA) is 78.5 Å². The van der Waals surface area contributed by atoms with Crippen molar-refractivity contribution in [3.05, 3.63) is 0 Å². The lowest BCUT2D eigenvalue weighted by molar-refractivity contribution is 0.0634. The van der Waals surface area contributed by atoms with Crippen molar-refractivity contribution in [1.29, 1.82) is 0 Å². The summed E-state index contributed by atoms with van der Waals surface area (Å²) in [5.41, 5.74) is 5.18. The van der Waals surface area contributed by atoms with E-state index in [9.17, 15) is 5.11 Å². The third-order valence-corrected chi connectivity index (χ3v) is 3.38. The maximum absolute atomic E-state index is 9.41. The lowest BCUT2D eigenvalue weighted by Crippen LogP contribution is -2.36. The van der Waals surface area contributed by atoms with Crippen molar-refractivity contribution in [1.82, 2.24) is 5.32 Å². The molecule has 0 aliphatic rings. The van der Waals surface area contributed by atoms with Gasteiger partial charge in [0, 0.05) is 6.42 Å². The number of unbranched alkanes of at least 4 members (excludes halogenated alkanes) is 9. The van der Waals surface area contributed by atoms with E-state index >= 15 is 0 Å². The zero-order valence-corrected chi connectivity index (χ0v) is 12.6. The molecule has 2 atom stereocenters. The normalized spacial score (nSPS) is 14.5. The van der Waals surface area contributed by atoms with E-state index in [1.165, 1.54) is 57.8 Å². The Kier molecular flexibility index (Phi) is 14.1. The summed E-state index contributed by atoms with van der Waals surface area (Å²) < 4.78 is 0. The van der Waals surface area contributed by atoms with Gasteiger partial charge in [-0.15, -0.1) is 0 Å². The number of aliphatic hydroxyl groups is 2. The Labute approximate surface area is 118 Å². The van der Waals surface area contributed by atoms with E-state index in [2.05, 4.69) is 12.2 Å². The predicted molar refractivity (Wildman–Crippen MR) is 80.7 cm³/mol. The highest BCUT2D eigenvalue weighted by Crippen LogP contribution is 2.10. The van der Waals surface area contributed by atoms with Crippen LogP contribution in [-0.4, -0.2) is 29.2 Å². The highest BCUT2D eigenvalue weighted by molar-refractivity contribution is 4.57. The molecule has 0 rings (SSSR count). The van der Waals surface area contributed by atoms with E-state index in [4.69, 9.17) is 10.8 Å². The summed E-state index contributed by atoms with van der Waals surface area (Å²) in [5, 5.41) is 21.2. The molecule has 0 radical (unpaired) electrons. The van der Waals surface area contributed by atoms with E-state index in [0.717, 1.165) is 13.0 Å². The third kappa shape index (κ3) is 15.8. The monoisotopic (exact) mass is 274 g/mol. The van der Waals surface area contributed by atoms with E-state index in [-0.39, 0.29) is 6.42 Å². The van der Waals surface area contributed by atoms with Gasteiger partial charge in [-0.05, 0) is 13.0 Å². The quantitative estimate of drug-likeness (QED) is 0.290. The molecule has 0 saturated carbocycles. The van der Waals surface area contributed by atoms with Crippen molar-refractivity contribution in [3.8, 4) is 0 Å². The Morgan fingerprint density at radius 1 is 0.842 bits per heavy atom. The van der Waals surface area contributed by atoms with Crippen LogP contribution in [0, 0.1) is 0 Å². The van der Waals surface area contributed by atoms with Crippen molar-refractivity contribution >= 4 is 0 Å². The number of nitrogens with one attached hydrogen (secondary N) is 1. The number of rotatable bonds is 14. The third-order valence-electron chi connectivity index (χ3n) is 3.38. The van der Waals surface area contributed by atoms with E-state index in [1.54, 1.807) is 0 Å². The van der Waals surface area contributed by atoms with Gasteiger partial charge in [0.1, 0.15) is 12.5 Å². The zero-order valence-electron chi connectivity index (χ0n) is 12.6. The van der Waals surface area contributed by atoms with Crippen LogP contribution in [0.15, 0.2) is 0 Å². The molecule has 0 saturated heterocycles. The van der Waals surface area contributed by atoms with Crippen LogP contribution in [0.5, 0.6) is 0 Å². The molecule has 0 amide bonds. The van der Waals surface area contributed by atoms with Crippen molar-refractivity contribution < 1.29 is 10.2 Å². The highest BCUT2D eigenvalue weighted by atomic mass is 16.3. The summed E-state index contributed by atoms with van der Waals surface area (Å²) in [6.07, 6.45) is 11.7. The Morgan fingerprint density at radius 2 is 1.32 bits per heavy atom. The van der Waals surface area contributed by atoms with Crippen LogP contribution in [0.25, 0.3) is 0 Å². The Morgan fingerprint density at radius 3 is 1.79 bits per heavy atom. The molecule has 0 aromatic carbocycles. The molecule has 5 N–H and O–H groups in total. The number of hydrogen-bond donors (Lipinski definition) is 4. The largest absolute Gasteiger partial charge is 0.379 e. The molecule has 0 aliphatic heterocycles. The molecule has 0 aromatic rings. The van der Waals surface area contributed by atoms with Gasteiger partial charge in [-0.1, -0.05) is 64.7 Å². The average molecular weight is 274 g/mol. The van der Waals surface area contributed by atoms with Gasteiger partial charge in [0.05, 0.1) is 0 Å². The molecule has 0 spiro atoms. The van der Waals surface area contributed by atoms with Gasteiger partial charge in [0.2, 0.25) is 0 Å². The maximum atomic E-state index is 9.41. The van der Waals surface area contributed by atoms with E-state index in [0.29, 0.717) is 0 Å². The van der Waals surface area contributed by atoms with Crippen LogP contribution < -0.4 is 11.1 Å². The van der Waals surface area contributed by atoms with Crippen LogP contribution in [0.4, 0.5) is 0 Å². The van der Waals surface area contributed by atoms with Crippen molar-refractivity contribution in [3.63, 3.8) is 0 Å². The fourth-order valence-electron chi connectivity index (χ4n) is 2.19. The first kappa shape index (κ1) is 18.8. The second kappa shape index (κ2) is 14.3. The Balaban J connectivity index is 3.06. The van der Waals surface area contributed by atoms with Crippen molar-refractivity contribution in [2.75, 3.05) is 6.54 Å². The van der Waals surface area contributed by atoms with E-state index in [1.807, 2.05) is 0 Å². The van der Waals surface area contributed by atoms with Gasteiger partial charge in [-0.3, -0.25) is 5.32 Å². The minimum absolute atomic E-state index is 0.192. The summed E-state index contributed by atoms with van der Waals surface area (Å²) >= 11 is 0.